The smallest absolute Gasteiger partial charge is 0.262 e. The fourth-order valence-electron chi connectivity index (χ4n) is 2.66. The molecule has 1 rings (SSSR count). The first-order valence-corrected chi connectivity index (χ1v) is 7.06. The normalized spacial score (nSPS) is 24.5. The van der Waals surface area contributed by atoms with Gasteiger partial charge in [-0.15, -0.1) is 0 Å². The van der Waals surface area contributed by atoms with Gasteiger partial charge in [-0.1, -0.05) is 19.9 Å². The van der Waals surface area contributed by atoms with E-state index in [1.165, 1.54) is 0 Å². The van der Waals surface area contributed by atoms with Crippen LogP contribution in [0, 0.1) is 5.92 Å². The molecule has 4 nitrogen and oxygen atoms in total. The molecular formula is C15H27NO3. The van der Waals surface area contributed by atoms with Crippen LogP contribution in [-0.2, 0) is 9.53 Å². The summed E-state index contributed by atoms with van der Waals surface area (Å²) in [4.78, 5) is 14.7. The van der Waals surface area contributed by atoms with Crippen LogP contribution in [-0.4, -0.2) is 46.3 Å². The SMILES string of the molecule is CC(C)C(O)C1(C(=O)N(C(C)C)C(C)C)C=CCO1. The third-order valence-corrected chi connectivity index (χ3v) is 3.54. The van der Waals surface area contributed by atoms with Gasteiger partial charge in [0.25, 0.3) is 5.91 Å². The molecule has 1 aliphatic rings. The Hall–Kier alpha value is -0.870. The van der Waals surface area contributed by atoms with Crippen LogP contribution in [0.5, 0.6) is 0 Å². The van der Waals surface area contributed by atoms with Crippen LogP contribution in [0.15, 0.2) is 12.2 Å². The van der Waals surface area contributed by atoms with Crippen LogP contribution in [0.2, 0.25) is 0 Å². The molecule has 2 unspecified atom stereocenters. The summed E-state index contributed by atoms with van der Waals surface area (Å²) in [7, 11) is 0. The van der Waals surface area contributed by atoms with E-state index in [1.807, 2.05) is 47.6 Å². The van der Waals surface area contributed by atoms with Gasteiger partial charge in [-0.25, -0.2) is 0 Å². The van der Waals surface area contributed by atoms with E-state index in [9.17, 15) is 9.90 Å². The summed E-state index contributed by atoms with van der Waals surface area (Å²) in [5, 5.41) is 10.4. The molecule has 1 aliphatic heterocycles. The fourth-order valence-corrected chi connectivity index (χ4v) is 2.66. The zero-order valence-electron chi connectivity index (χ0n) is 12.9. The molecule has 1 N–H and O–H groups in total. The standard InChI is InChI=1S/C15H27NO3/c1-10(2)13(17)15(8-7-9-19-15)14(18)16(11(3)4)12(5)6/h7-8,10-13,17H,9H2,1-6H3. The van der Waals surface area contributed by atoms with Gasteiger partial charge in [-0.05, 0) is 39.7 Å². The molecule has 0 aromatic heterocycles. The highest BCUT2D eigenvalue weighted by atomic mass is 16.5. The molecular weight excluding hydrogens is 242 g/mol. The number of aliphatic hydroxyl groups excluding tert-OH is 1. The molecule has 0 spiro atoms. The van der Waals surface area contributed by atoms with Crippen molar-refractivity contribution >= 4 is 5.91 Å². The lowest BCUT2D eigenvalue weighted by Crippen LogP contribution is -2.59. The molecule has 0 aliphatic carbocycles. The van der Waals surface area contributed by atoms with Gasteiger partial charge in [-0.2, -0.15) is 0 Å². The number of carbonyl (C=O) groups is 1. The molecule has 1 heterocycles. The molecule has 1 amide bonds. The third-order valence-electron chi connectivity index (χ3n) is 3.54. The quantitative estimate of drug-likeness (QED) is 0.776. The predicted octanol–water partition coefficient (Wildman–Crippen LogP) is 1.97. The lowest BCUT2D eigenvalue weighted by molar-refractivity contribution is -0.168. The largest absolute Gasteiger partial charge is 0.389 e. The van der Waals surface area contributed by atoms with Gasteiger partial charge in [0.1, 0.15) is 0 Å². The Morgan fingerprint density at radius 2 is 1.74 bits per heavy atom. The van der Waals surface area contributed by atoms with Gasteiger partial charge < -0.3 is 14.7 Å². The van der Waals surface area contributed by atoms with Gasteiger partial charge in [0.2, 0.25) is 0 Å². The van der Waals surface area contributed by atoms with Crippen LogP contribution in [0.1, 0.15) is 41.5 Å². The van der Waals surface area contributed by atoms with E-state index in [0.717, 1.165) is 0 Å². The zero-order valence-corrected chi connectivity index (χ0v) is 12.9. The maximum Gasteiger partial charge on any atom is 0.262 e. The minimum Gasteiger partial charge on any atom is -0.389 e. The van der Waals surface area contributed by atoms with Crippen molar-refractivity contribution in [1.82, 2.24) is 4.90 Å². The molecule has 0 fully saturated rings. The molecule has 0 saturated heterocycles. The highest BCUT2D eigenvalue weighted by Gasteiger charge is 2.50. The Kier molecular flexibility index (Phi) is 5.16. The average molecular weight is 269 g/mol. The van der Waals surface area contributed by atoms with Crippen LogP contribution >= 0.6 is 0 Å². The molecule has 0 radical (unpaired) electrons. The van der Waals surface area contributed by atoms with Gasteiger partial charge in [0, 0.05) is 12.1 Å². The van der Waals surface area contributed by atoms with Gasteiger partial charge in [0.15, 0.2) is 5.60 Å². The van der Waals surface area contributed by atoms with E-state index in [-0.39, 0.29) is 23.9 Å². The Bertz CT molecular complexity index is 341. The Morgan fingerprint density at radius 1 is 1.21 bits per heavy atom. The van der Waals surface area contributed by atoms with Crippen molar-refractivity contribution in [3.63, 3.8) is 0 Å². The summed E-state index contributed by atoms with van der Waals surface area (Å²) >= 11 is 0. The lowest BCUT2D eigenvalue weighted by atomic mass is 9.87. The van der Waals surface area contributed by atoms with Crippen LogP contribution in [0.25, 0.3) is 0 Å². The van der Waals surface area contributed by atoms with Crippen molar-refractivity contribution in [2.45, 2.75) is 65.3 Å². The molecule has 4 heteroatoms. The Morgan fingerprint density at radius 3 is 2.05 bits per heavy atom. The van der Waals surface area contributed by atoms with Crippen molar-refractivity contribution in [3.05, 3.63) is 12.2 Å². The Balaban J connectivity index is 3.12. The number of rotatable bonds is 5. The van der Waals surface area contributed by atoms with E-state index < -0.39 is 11.7 Å². The van der Waals surface area contributed by atoms with Crippen molar-refractivity contribution in [3.8, 4) is 0 Å². The van der Waals surface area contributed by atoms with E-state index in [1.54, 1.807) is 11.0 Å². The number of hydrogen-bond acceptors (Lipinski definition) is 3. The van der Waals surface area contributed by atoms with E-state index in [0.29, 0.717) is 6.61 Å². The van der Waals surface area contributed by atoms with Crippen molar-refractivity contribution in [2.24, 2.45) is 5.92 Å². The van der Waals surface area contributed by atoms with E-state index >= 15 is 0 Å². The zero-order chi connectivity index (χ0) is 14.8. The van der Waals surface area contributed by atoms with Crippen LogP contribution in [0.3, 0.4) is 0 Å². The number of nitrogens with zero attached hydrogens (tertiary/aromatic N) is 1. The number of aliphatic hydroxyl groups is 1. The molecule has 0 saturated carbocycles. The molecule has 0 aromatic carbocycles. The second-order valence-corrected chi connectivity index (χ2v) is 6.10. The number of amides is 1. The van der Waals surface area contributed by atoms with E-state index in [2.05, 4.69) is 0 Å². The highest BCUT2D eigenvalue weighted by molar-refractivity contribution is 5.89. The number of ether oxygens (including phenoxy) is 1. The highest BCUT2D eigenvalue weighted by Crippen LogP contribution is 2.31. The third kappa shape index (κ3) is 3.00. The number of hydrogen-bond donors (Lipinski definition) is 1. The van der Waals surface area contributed by atoms with Crippen molar-refractivity contribution < 1.29 is 14.6 Å². The van der Waals surface area contributed by atoms with Crippen LogP contribution < -0.4 is 0 Å². The maximum absolute atomic E-state index is 12.9. The number of carbonyl (C=O) groups excluding carboxylic acids is 1. The maximum atomic E-state index is 12.9. The molecule has 110 valence electrons. The van der Waals surface area contributed by atoms with E-state index in [4.69, 9.17) is 4.74 Å². The first kappa shape index (κ1) is 16.2. The second-order valence-electron chi connectivity index (χ2n) is 6.10. The summed E-state index contributed by atoms with van der Waals surface area (Å²) in [6.07, 6.45) is 2.69. The Labute approximate surface area is 116 Å². The summed E-state index contributed by atoms with van der Waals surface area (Å²) in [5.41, 5.74) is -1.22. The molecule has 19 heavy (non-hydrogen) atoms. The molecule has 2 atom stereocenters. The minimum absolute atomic E-state index is 0.0483. The summed E-state index contributed by atoms with van der Waals surface area (Å²) in [5.74, 6) is -0.194. The molecule has 0 aromatic rings. The monoisotopic (exact) mass is 269 g/mol. The summed E-state index contributed by atoms with van der Waals surface area (Å²) in [6, 6.07) is 0.141. The van der Waals surface area contributed by atoms with Crippen molar-refractivity contribution in [1.29, 1.82) is 0 Å². The minimum atomic E-state index is -1.22. The van der Waals surface area contributed by atoms with Gasteiger partial charge >= 0.3 is 0 Å². The topological polar surface area (TPSA) is 49.8 Å². The van der Waals surface area contributed by atoms with Gasteiger partial charge in [-0.3, -0.25) is 4.79 Å². The lowest BCUT2D eigenvalue weighted by Gasteiger charge is -2.41. The average Bonchev–Trinajstić information content (AvgIpc) is 2.76. The first-order chi connectivity index (χ1) is 8.74. The summed E-state index contributed by atoms with van der Waals surface area (Å²) < 4.78 is 5.65. The predicted molar refractivity (Wildman–Crippen MR) is 75.8 cm³/mol. The van der Waals surface area contributed by atoms with Crippen LogP contribution in [0.4, 0.5) is 0 Å². The second kappa shape index (κ2) is 6.06. The first-order valence-electron chi connectivity index (χ1n) is 7.06. The van der Waals surface area contributed by atoms with Gasteiger partial charge in [0.05, 0.1) is 12.7 Å². The molecule has 0 bridgehead atoms. The van der Waals surface area contributed by atoms with Crippen molar-refractivity contribution in [2.75, 3.05) is 6.61 Å². The fraction of sp³-hybridized carbons (Fsp3) is 0.800. The summed E-state index contributed by atoms with van der Waals surface area (Å²) in [6.45, 7) is 12.1.